The number of nitrogens with zero attached hydrogens (tertiary/aromatic N) is 11. The standard InChI is InChI=1S/C32H54N2O2.C30H51N3O3.3C22H38N2O2/c35-31(33(27-16-5-1-6-17-27)28-18-7-2-8-19-28)25-14-13-15-26(24-25)32(36)34(29-20-9-3-10-21-29)30-22-11-4-12-23-30;1-31(25-13-7-4-8-14-25)28(34)22-19-23(29(35)32(2)26-15-9-5-10-16-26)21-24(20-22)30(36)33(3)27-17-11-6-12-18-27;1-23(19-12-5-3-6-13-19)21(25)17-10-9-11-18(16-17)22(26)24(2)20-14-7-4-8-15-20;1-23(17-11-5-3-6-12-17)21(25)19-15-9-10-16-20(19)22(26)24(2)18-13-7-4-8-14-18;1-23(19-9-5-3-6-10-19)21(25)17-13-15-18(16-14-17)22(26)24(2)20-11-7-4-8-12-20/h25-30H,1-24H2;22-27H,4-21H2,1-3H3;3*17-20H,3-16H2,1-2H3. The molecule has 18 saturated carbocycles. The van der Waals surface area contributed by atoms with Crippen LogP contribution in [0.25, 0.3) is 0 Å². The van der Waals surface area contributed by atoms with Crippen molar-refractivity contribution >= 4 is 65.0 Å². The number of carbonyl (C=O) groups is 11. The van der Waals surface area contributed by atoms with Crippen LogP contribution in [0.4, 0.5) is 0 Å². The van der Waals surface area contributed by atoms with Gasteiger partial charge in [-0.15, -0.1) is 0 Å². The third kappa shape index (κ3) is 33.4. The maximum Gasteiger partial charge on any atom is 0.226 e. The predicted molar refractivity (Wildman–Crippen MR) is 604 cm³/mol. The normalized spacial score (nSPS) is 29.0. The van der Waals surface area contributed by atoms with E-state index in [-0.39, 0.29) is 94.6 Å². The fourth-order valence-electron chi connectivity index (χ4n) is 33.1. The minimum Gasteiger partial charge on any atom is -0.343 e. The molecule has 150 heavy (non-hydrogen) atoms. The Morgan fingerprint density at radius 3 is 0.413 bits per heavy atom. The maximum absolute atomic E-state index is 14.2. The number of hydrogen-bond donors (Lipinski definition) is 0. The molecule has 0 aromatic rings. The van der Waals surface area contributed by atoms with Crippen molar-refractivity contribution < 1.29 is 52.7 Å². The smallest absolute Gasteiger partial charge is 0.226 e. The predicted octanol–water partition coefficient (Wildman–Crippen LogP) is 26.3. The Hall–Kier alpha value is -5.83. The van der Waals surface area contributed by atoms with Gasteiger partial charge in [0.2, 0.25) is 65.0 Å². The van der Waals surface area contributed by atoms with Gasteiger partial charge in [0.25, 0.3) is 0 Å². The van der Waals surface area contributed by atoms with Gasteiger partial charge in [-0.25, -0.2) is 0 Å². The van der Waals surface area contributed by atoms with Crippen LogP contribution in [0.15, 0.2) is 0 Å². The molecule has 852 valence electrons. The second kappa shape index (κ2) is 61.9. The van der Waals surface area contributed by atoms with E-state index in [1.807, 2.05) is 108 Å². The van der Waals surface area contributed by atoms with Crippen LogP contribution in [0.1, 0.15) is 539 Å². The quantitative estimate of drug-likeness (QED) is 0.0883. The van der Waals surface area contributed by atoms with Crippen LogP contribution in [0.5, 0.6) is 0 Å². The van der Waals surface area contributed by atoms with E-state index in [0.29, 0.717) is 133 Å². The molecule has 6 unspecified atom stereocenters. The van der Waals surface area contributed by atoms with Crippen LogP contribution in [-0.2, 0) is 52.7 Å². The number of amides is 11. The van der Waals surface area contributed by atoms with Crippen molar-refractivity contribution in [1.29, 1.82) is 0 Å². The average molecular weight is 2090 g/mol. The molecule has 0 bridgehead atoms. The fourth-order valence-corrected chi connectivity index (χ4v) is 33.1. The molecule has 0 N–H and O–H groups in total. The van der Waals surface area contributed by atoms with Crippen LogP contribution in [-0.4, -0.2) is 261 Å². The first kappa shape index (κ1) is 120. The third-order valence-electron chi connectivity index (χ3n) is 42.9. The van der Waals surface area contributed by atoms with Crippen molar-refractivity contribution in [3.05, 3.63) is 0 Å². The lowest BCUT2D eigenvalue weighted by molar-refractivity contribution is -0.150. The van der Waals surface area contributed by atoms with Gasteiger partial charge < -0.3 is 53.9 Å². The van der Waals surface area contributed by atoms with Crippen molar-refractivity contribution in [3.63, 3.8) is 0 Å². The van der Waals surface area contributed by atoms with E-state index >= 15 is 0 Å². The molecule has 6 atom stereocenters. The van der Waals surface area contributed by atoms with E-state index in [9.17, 15) is 52.7 Å². The van der Waals surface area contributed by atoms with Crippen LogP contribution >= 0.6 is 0 Å². The molecule has 22 heteroatoms. The summed E-state index contributed by atoms with van der Waals surface area (Å²) in [4.78, 5) is 171. The average Bonchev–Trinajstić information content (AvgIpc) is 0.789. The van der Waals surface area contributed by atoms with E-state index in [4.69, 9.17) is 0 Å². The lowest BCUT2D eigenvalue weighted by atomic mass is 9.73. The topological polar surface area (TPSA) is 223 Å². The zero-order valence-electron chi connectivity index (χ0n) is 97.2. The van der Waals surface area contributed by atoms with Gasteiger partial charge >= 0.3 is 0 Å². The van der Waals surface area contributed by atoms with Gasteiger partial charge in [-0.05, 0) is 263 Å². The molecule has 0 heterocycles. The van der Waals surface area contributed by atoms with Crippen molar-refractivity contribution in [2.75, 3.05) is 63.4 Å². The molecular formula is C128H219N11O11. The Morgan fingerprint density at radius 2 is 0.240 bits per heavy atom. The summed E-state index contributed by atoms with van der Waals surface area (Å²) in [5, 5.41) is 0. The zero-order chi connectivity index (χ0) is 106. The lowest BCUT2D eigenvalue weighted by Crippen LogP contribution is -2.53. The van der Waals surface area contributed by atoms with E-state index in [1.54, 1.807) is 0 Å². The maximum atomic E-state index is 14.2. The summed E-state index contributed by atoms with van der Waals surface area (Å²) in [5.74, 6) is 2.83. The minimum absolute atomic E-state index is 0.0596. The van der Waals surface area contributed by atoms with Gasteiger partial charge in [0.15, 0.2) is 0 Å². The first-order valence-electron chi connectivity index (χ1n) is 64.9. The summed E-state index contributed by atoms with van der Waals surface area (Å²) in [6, 6.07) is 5.34. The molecule has 18 aliphatic carbocycles. The van der Waals surface area contributed by atoms with Crippen molar-refractivity contribution in [2.24, 2.45) is 65.1 Å². The number of hydrogen-bond acceptors (Lipinski definition) is 11. The zero-order valence-corrected chi connectivity index (χ0v) is 97.2. The monoisotopic (exact) mass is 2090 g/mol. The van der Waals surface area contributed by atoms with Gasteiger partial charge in [0.1, 0.15) is 0 Å². The first-order chi connectivity index (χ1) is 72.8. The summed E-state index contributed by atoms with van der Waals surface area (Å²) < 4.78 is 0. The van der Waals surface area contributed by atoms with E-state index in [0.717, 1.165) is 193 Å². The van der Waals surface area contributed by atoms with Gasteiger partial charge in [-0.1, -0.05) is 276 Å². The van der Waals surface area contributed by atoms with Gasteiger partial charge in [0, 0.05) is 207 Å². The van der Waals surface area contributed by atoms with Crippen molar-refractivity contribution in [1.82, 2.24) is 53.9 Å². The highest BCUT2D eigenvalue weighted by Gasteiger charge is 2.49. The fraction of sp³-hybridized carbons (Fsp3) is 0.914. The minimum atomic E-state index is -0.229. The number of carbonyl (C=O) groups excluding carboxylic acids is 11. The molecule has 0 aromatic carbocycles. The third-order valence-corrected chi connectivity index (χ3v) is 42.9. The molecule has 18 rings (SSSR count). The van der Waals surface area contributed by atoms with Crippen LogP contribution in [0.3, 0.4) is 0 Å². The Kier molecular flexibility index (Phi) is 49.4. The summed E-state index contributed by atoms with van der Waals surface area (Å²) in [5.41, 5.74) is 0. The Balaban J connectivity index is 0.000000149. The molecular weight excluding hydrogens is 1870 g/mol. The van der Waals surface area contributed by atoms with Crippen molar-refractivity contribution in [2.45, 2.75) is 618 Å². The molecule has 18 fully saturated rings. The Bertz CT molecular complexity index is 3730. The largest absolute Gasteiger partial charge is 0.343 e. The van der Waals surface area contributed by atoms with E-state index in [1.165, 1.54) is 327 Å². The van der Waals surface area contributed by atoms with E-state index < -0.39 is 0 Å². The highest BCUT2D eigenvalue weighted by Crippen LogP contribution is 2.46. The molecule has 0 spiro atoms. The molecule has 0 aliphatic heterocycles. The lowest BCUT2D eigenvalue weighted by Gasteiger charge is -2.46. The molecule has 0 aromatic heterocycles. The van der Waals surface area contributed by atoms with E-state index in [2.05, 4.69) is 9.80 Å². The molecule has 0 radical (unpaired) electrons. The SMILES string of the molecule is CN(C(=O)C1CC(C(=O)N(C)C2CCCCC2)CC(C(=O)N(C)C2CCCCC2)C1)C1CCCCC1.CN(C(=O)C1CCC(C(=O)N(C)C2CCCCC2)CC1)C1CCCCC1.CN(C(=O)C1CCCC(C(=O)N(C)C2CCCCC2)C1)C1CCCCC1.CN(C(=O)C1CCCCC1C(=O)N(C)C1CCCCC1)C1CCCCC1.O=C(C1CCCC(C(=O)N(C2CCCCC2)C2CCCCC2)C1)N(C1CCCCC1)C1CCCCC1. The van der Waals surface area contributed by atoms with Gasteiger partial charge in [-0.2, -0.15) is 0 Å². The van der Waals surface area contributed by atoms with Gasteiger partial charge in [0.05, 0.1) is 0 Å². The van der Waals surface area contributed by atoms with Crippen LogP contribution < -0.4 is 0 Å². The number of rotatable bonds is 24. The Morgan fingerprint density at radius 1 is 0.113 bits per heavy atom. The van der Waals surface area contributed by atoms with Crippen LogP contribution in [0, 0.1) is 65.1 Å². The second-order valence-electron chi connectivity index (χ2n) is 52.8. The summed E-state index contributed by atoms with van der Waals surface area (Å²) >= 11 is 0. The molecule has 18 aliphatic rings. The van der Waals surface area contributed by atoms with Crippen LogP contribution in [0.2, 0.25) is 0 Å². The Labute approximate surface area is 912 Å². The molecule has 11 amide bonds. The summed E-state index contributed by atoms with van der Waals surface area (Å²) in [6.45, 7) is 0. The van der Waals surface area contributed by atoms with Crippen molar-refractivity contribution in [3.8, 4) is 0 Å². The first-order valence-corrected chi connectivity index (χ1v) is 64.9. The highest BCUT2D eigenvalue weighted by atomic mass is 16.2. The summed E-state index contributed by atoms with van der Waals surface area (Å²) in [7, 11) is 17.9. The molecule has 0 saturated heterocycles. The summed E-state index contributed by atoms with van der Waals surface area (Å²) in [6.07, 6.45) is 96.2. The van der Waals surface area contributed by atoms with Gasteiger partial charge in [-0.3, -0.25) is 52.7 Å². The second-order valence-corrected chi connectivity index (χ2v) is 52.8. The molecule has 22 nitrogen and oxygen atoms in total. The highest BCUT2D eigenvalue weighted by molar-refractivity contribution is 5.90.